The van der Waals surface area contributed by atoms with E-state index in [4.69, 9.17) is 18.5 Å². The van der Waals surface area contributed by atoms with Gasteiger partial charge in [-0.25, -0.2) is 18.8 Å². The average Bonchev–Trinajstić information content (AvgIpc) is 3.05. The fraction of sp³-hybridized carbons (Fsp3) is 0.476. The van der Waals surface area contributed by atoms with Crippen LogP contribution in [0.2, 0.25) is 0 Å². The van der Waals surface area contributed by atoms with Crippen LogP contribution < -0.4 is 20.9 Å². The van der Waals surface area contributed by atoms with E-state index >= 15 is 4.39 Å². The van der Waals surface area contributed by atoms with Crippen LogP contribution in [0.3, 0.4) is 0 Å². The Kier molecular flexibility index (Phi) is 8.09. The molecule has 2 unspecified atom stereocenters. The van der Waals surface area contributed by atoms with E-state index in [-0.39, 0.29) is 24.9 Å². The predicted octanol–water partition coefficient (Wildman–Crippen LogP) is 2.30. The zero-order valence-corrected chi connectivity index (χ0v) is 19.8. The highest BCUT2D eigenvalue weighted by Gasteiger charge is 2.48. The van der Waals surface area contributed by atoms with Crippen LogP contribution in [0.5, 0.6) is 5.75 Å². The van der Waals surface area contributed by atoms with Crippen LogP contribution in [0.1, 0.15) is 33.4 Å². The van der Waals surface area contributed by atoms with Gasteiger partial charge in [0.15, 0.2) is 11.9 Å². The third-order valence-corrected chi connectivity index (χ3v) is 6.24. The summed E-state index contributed by atoms with van der Waals surface area (Å²) in [5, 5.41) is 2.45. The fourth-order valence-electron chi connectivity index (χ4n) is 3.36. The molecule has 2 aromatic rings. The Labute approximate surface area is 194 Å². The van der Waals surface area contributed by atoms with E-state index in [2.05, 4.69) is 5.09 Å². The lowest BCUT2D eigenvalue weighted by Gasteiger charge is -2.23. The van der Waals surface area contributed by atoms with E-state index in [0.29, 0.717) is 0 Å². The first-order valence-electron chi connectivity index (χ1n) is 10.6. The molecule has 2 heterocycles. The number of halogens is 1. The number of rotatable bonds is 10. The Morgan fingerprint density at radius 2 is 2.03 bits per heavy atom. The molecule has 1 aromatic heterocycles. The molecule has 11 nitrogen and oxygen atoms in total. The molecule has 1 aliphatic heterocycles. The average molecular weight is 499 g/mol. The maximum Gasteiger partial charge on any atom is 0.459 e. The van der Waals surface area contributed by atoms with Gasteiger partial charge in [0.05, 0.1) is 18.8 Å². The number of hydrogen-bond donors (Lipinski definition) is 2. The Hall–Kier alpha value is -2.79. The van der Waals surface area contributed by atoms with Crippen LogP contribution >= 0.6 is 7.75 Å². The normalized spacial score (nSPS) is 24.0. The smallest absolute Gasteiger partial charge is 0.459 e. The number of esters is 1. The first-order valence-corrected chi connectivity index (χ1v) is 12.1. The van der Waals surface area contributed by atoms with Gasteiger partial charge in [-0.2, -0.15) is 0 Å². The molecule has 34 heavy (non-hydrogen) atoms. The largest absolute Gasteiger partial charge is 0.462 e. The second-order valence-electron chi connectivity index (χ2n) is 8.18. The summed E-state index contributed by atoms with van der Waals surface area (Å²) in [6.07, 6.45) is -1.67. The van der Waals surface area contributed by atoms with E-state index in [1.165, 1.54) is 6.92 Å². The number of nitrogens with one attached hydrogen (secondary N) is 2. The number of benzene rings is 1. The van der Waals surface area contributed by atoms with Crippen molar-refractivity contribution in [2.75, 3.05) is 13.2 Å². The van der Waals surface area contributed by atoms with Gasteiger partial charge in [-0.1, -0.05) is 18.2 Å². The number of H-pyrrole nitrogens is 1. The molecule has 1 aromatic carbocycles. The zero-order valence-electron chi connectivity index (χ0n) is 18.9. The molecule has 3 rings (SSSR count). The van der Waals surface area contributed by atoms with E-state index in [1.54, 1.807) is 44.2 Å². The van der Waals surface area contributed by atoms with Gasteiger partial charge in [0.2, 0.25) is 0 Å². The Bertz CT molecular complexity index is 1150. The minimum absolute atomic E-state index is 0.191. The lowest BCUT2D eigenvalue weighted by molar-refractivity contribution is -0.145. The fourth-order valence-corrected chi connectivity index (χ4v) is 4.65. The molecule has 1 fully saturated rings. The number of aromatic amines is 1. The molecule has 0 saturated carbocycles. The summed E-state index contributed by atoms with van der Waals surface area (Å²) in [7, 11) is -4.11. The number of para-hydroxylation sites is 1. The standard InChI is InChI=1S/C21H27FN3O8P/c1-14(2)31-18(27)12-23-34(29,33-15-7-5-4-6-8-15)30-13-16-11-21(3,22)19(32-16)25-10-9-17(26)24-20(25)28/h4-10,14,16,19H,11-13H2,1-3H3,(H,23,29)(H,24,26,28)/t16-,19?,21-,34?/m0/s1. The van der Waals surface area contributed by atoms with Crippen molar-refractivity contribution in [3.63, 3.8) is 0 Å². The molecular weight excluding hydrogens is 472 g/mol. The number of aromatic nitrogens is 2. The van der Waals surface area contributed by atoms with Gasteiger partial charge in [0.25, 0.3) is 5.56 Å². The van der Waals surface area contributed by atoms with Crippen molar-refractivity contribution in [1.82, 2.24) is 14.6 Å². The van der Waals surface area contributed by atoms with E-state index in [1.807, 2.05) is 4.98 Å². The molecule has 186 valence electrons. The molecule has 0 aliphatic carbocycles. The SMILES string of the molecule is CC(C)OC(=O)CNP(=O)(OC[C@@H]1C[C@](C)(F)C(n2ccc(=O)[nH]c2=O)O1)Oc1ccccc1. The number of carbonyl (C=O) groups is 1. The van der Waals surface area contributed by atoms with Gasteiger partial charge in [-0.3, -0.25) is 23.7 Å². The lowest BCUT2D eigenvalue weighted by atomic mass is 10.0. The van der Waals surface area contributed by atoms with Crippen molar-refractivity contribution in [3.8, 4) is 5.75 Å². The summed E-state index contributed by atoms with van der Waals surface area (Å²) in [5.74, 6) is -0.447. The summed E-state index contributed by atoms with van der Waals surface area (Å²) in [6.45, 7) is 3.76. The third-order valence-electron chi connectivity index (χ3n) is 4.75. The van der Waals surface area contributed by atoms with Gasteiger partial charge in [0, 0.05) is 18.7 Å². The van der Waals surface area contributed by atoms with Gasteiger partial charge in [-0.15, -0.1) is 0 Å². The van der Waals surface area contributed by atoms with Gasteiger partial charge in [0.1, 0.15) is 12.3 Å². The molecule has 0 spiro atoms. The van der Waals surface area contributed by atoms with Crippen LogP contribution in [-0.2, 0) is 23.4 Å². The summed E-state index contributed by atoms with van der Waals surface area (Å²) >= 11 is 0. The van der Waals surface area contributed by atoms with Crippen LogP contribution in [0, 0.1) is 0 Å². The number of alkyl halides is 1. The van der Waals surface area contributed by atoms with E-state index in [9.17, 15) is 18.9 Å². The summed E-state index contributed by atoms with van der Waals surface area (Å²) in [6, 6.07) is 9.23. The maximum atomic E-state index is 15.2. The monoisotopic (exact) mass is 499 g/mol. The molecular formula is C21H27FN3O8P. The van der Waals surface area contributed by atoms with Crippen molar-refractivity contribution in [3.05, 3.63) is 63.4 Å². The summed E-state index contributed by atoms with van der Waals surface area (Å²) < 4.78 is 51.1. The minimum Gasteiger partial charge on any atom is -0.462 e. The number of ether oxygens (including phenoxy) is 2. The van der Waals surface area contributed by atoms with Crippen molar-refractivity contribution in [2.24, 2.45) is 0 Å². The van der Waals surface area contributed by atoms with Crippen molar-refractivity contribution < 1.29 is 32.3 Å². The van der Waals surface area contributed by atoms with Crippen LogP contribution in [-0.4, -0.2) is 46.5 Å². The molecule has 1 saturated heterocycles. The third kappa shape index (κ3) is 6.86. The number of carbonyl (C=O) groups excluding carboxylic acids is 1. The highest BCUT2D eigenvalue weighted by Crippen LogP contribution is 2.46. The van der Waals surface area contributed by atoms with Crippen LogP contribution in [0.25, 0.3) is 0 Å². The van der Waals surface area contributed by atoms with Crippen LogP contribution in [0.15, 0.2) is 52.2 Å². The van der Waals surface area contributed by atoms with Crippen LogP contribution in [0.4, 0.5) is 4.39 Å². The molecule has 0 radical (unpaired) electrons. The van der Waals surface area contributed by atoms with Gasteiger partial charge in [-0.05, 0) is 32.9 Å². The van der Waals surface area contributed by atoms with Crippen molar-refractivity contribution >= 4 is 13.7 Å². The van der Waals surface area contributed by atoms with Crippen molar-refractivity contribution in [2.45, 2.75) is 51.3 Å². The zero-order chi connectivity index (χ0) is 24.9. The first kappa shape index (κ1) is 25.8. The molecule has 2 N–H and O–H groups in total. The second kappa shape index (κ2) is 10.6. The minimum atomic E-state index is -4.11. The highest BCUT2D eigenvalue weighted by atomic mass is 31.2. The van der Waals surface area contributed by atoms with Crippen molar-refractivity contribution in [1.29, 1.82) is 0 Å². The second-order valence-corrected chi connectivity index (χ2v) is 9.93. The first-order chi connectivity index (χ1) is 16.0. The molecule has 4 atom stereocenters. The highest BCUT2D eigenvalue weighted by molar-refractivity contribution is 7.52. The number of nitrogens with zero attached hydrogens (tertiary/aromatic N) is 1. The Morgan fingerprint density at radius 1 is 1.32 bits per heavy atom. The molecule has 1 aliphatic rings. The lowest BCUT2D eigenvalue weighted by Crippen LogP contribution is -2.38. The van der Waals surface area contributed by atoms with E-state index in [0.717, 1.165) is 16.8 Å². The van der Waals surface area contributed by atoms with Gasteiger partial charge < -0.3 is 14.0 Å². The predicted molar refractivity (Wildman–Crippen MR) is 119 cm³/mol. The van der Waals surface area contributed by atoms with E-state index < -0.39 is 49.5 Å². The maximum absolute atomic E-state index is 15.2. The Morgan fingerprint density at radius 3 is 2.68 bits per heavy atom. The molecule has 13 heteroatoms. The molecule has 0 amide bonds. The number of hydrogen-bond acceptors (Lipinski definition) is 8. The molecule has 0 bridgehead atoms. The summed E-state index contributed by atoms with van der Waals surface area (Å²) in [5.41, 5.74) is -3.44. The Balaban J connectivity index is 1.71. The quantitative estimate of drug-likeness (QED) is 0.372. The topological polar surface area (TPSA) is 138 Å². The van der Waals surface area contributed by atoms with Gasteiger partial charge >= 0.3 is 19.4 Å². The summed E-state index contributed by atoms with van der Waals surface area (Å²) in [4.78, 5) is 37.3.